The monoisotopic (exact) mass is 693 g/mol. The molecule has 1 unspecified atom stereocenters. The largest absolute Gasteiger partial charge is 0.549 e. The van der Waals surface area contributed by atoms with Crippen LogP contribution in [0.5, 0.6) is 23.0 Å². The van der Waals surface area contributed by atoms with Crippen LogP contribution in [0.2, 0.25) is 0 Å². The number of hydrogen-bond donors (Lipinski definition) is 0. The van der Waals surface area contributed by atoms with Gasteiger partial charge in [0.1, 0.15) is 23.7 Å². The van der Waals surface area contributed by atoms with Crippen LogP contribution in [-0.4, -0.2) is 18.8 Å². The summed E-state index contributed by atoms with van der Waals surface area (Å²) in [7, 11) is 0. The van der Waals surface area contributed by atoms with Gasteiger partial charge in [0.25, 0.3) is 0 Å². The van der Waals surface area contributed by atoms with Gasteiger partial charge in [-0.15, -0.1) is 11.6 Å². The van der Waals surface area contributed by atoms with Crippen molar-refractivity contribution < 1.29 is 50.1 Å². The van der Waals surface area contributed by atoms with Crippen LogP contribution in [0.25, 0.3) is 6.08 Å². The molecule has 3 aromatic rings. The van der Waals surface area contributed by atoms with Crippen molar-refractivity contribution in [3.8, 4) is 23.0 Å². The zero-order valence-corrected chi connectivity index (χ0v) is 25.0. The molecule has 35 heavy (non-hydrogen) atoms. The smallest absolute Gasteiger partial charge is 0.127 e. The van der Waals surface area contributed by atoms with Crippen LogP contribution in [-0.2, 0) is 18.4 Å². The van der Waals surface area contributed by atoms with Crippen molar-refractivity contribution in [2.45, 2.75) is 51.7 Å². The maximum Gasteiger partial charge on any atom is 0.127 e. The Labute approximate surface area is 232 Å². The molecule has 2 aliphatic heterocycles. The normalized spacial score (nSPS) is 19.3. The zero-order valence-electron chi connectivity index (χ0n) is 20.8. The van der Waals surface area contributed by atoms with E-state index < -0.39 is 0 Å². The Morgan fingerprint density at radius 3 is 2.60 bits per heavy atom. The first-order valence-corrected chi connectivity index (χ1v) is 11.9. The maximum atomic E-state index is 6.41. The topological polar surface area (TPSA) is 36.9 Å². The quantitative estimate of drug-likeness (QED) is 0.275. The first-order valence-electron chi connectivity index (χ1n) is 11.9. The molecule has 0 saturated heterocycles. The summed E-state index contributed by atoms with van der Waals surface area (Å²) in [5.41, 5.74) is 3.70. The van der Waals surface area contributed by atoms with Crippen molar-refractivity contribution >= 4 is 6.08 Å². The molecule has 5 rings (SSSR count). The predicted octanol–water partition coefficient (Wildman–Crippen LogP) is 6.54. The SMILES string of the molecule is CCOc1ccc(C2(C)COc3c([c-]cc4c3C=CC(C)(C)O4)C2)c(OCc2ccccc2)c1.[U]. The summed E-state index contributed by atoms with van der Waals surface area (Å²) in [5, 5.41) is 0. The van der Waals surface area contributed by atoms with E-state index in [2.05, 4.69) is 43.3 Å². The predicted molar refractivity (Wildman–Crippen MR) is 134 cm³/mol. The standard InChI is InChI=1S/C30H31O4.U/c1-5-31-23-12-13-25(27(17-23)32-19-21-9-7-6-8-10-21)30(4)18-22-11-14-26-24(28(22)33-20-30)15-16-29(2,3)34-26;/h6-10,12-17H,5,18-20H2,1-4H3;/q-1;. The molecule has 2 heterocycles. The van der Waals surface area contributed by atoms with Crippen LogP contribution in [0.3, 0.4) is 0 Å². The van der Waals surface area contributed by atoms with Crippen LogP contribution in [0.15, 0.2) is 60.7 Å². The van der Waals surface area contributed by atoms with Crippen LogP contribution in [0.4, 0.5) is 0 Å². The van der Waals surface area contributed by atoms with Crippen molar-refractivity contribution in [3.05, 3.63) is 89.0 Å². The molecule has 2 aliphatic rings. The first kappa shape index (κ1) is 25.7. The summed E-state index contributed by atoms with van der Waals surface area (Å²) >= 11 is 0. The second-order valence-corrected chi connectivity index (χ2v) is 9.80. The van der Waals surface area contributed by atoms with Crippen LogP contribution >= 0.6 is 0 Å². The molecular formula is C30H31O4U-. The Morgan fingerprint density at radius 1 is 1.03 bits per heavy atom. The van der Waals surface area contributed by atoms with Crippen LogP contribution in [0, 0.1) is 37.2 Å². The van der Waals surface area contributed by atoms with Gasteiger partial charge in [0.05, 0.1) is 13.2 Å². The van der Waals surface area contributed by atoms with E-state index in [0.717, 1.165) is 51.7 Å². The fourth-order valence-electron chi connectivity index (χ4n) is 4.67. The molecule has 0 saturated carbocycles. The molecule has 5 heteroatoms. The molecule has 0 aromatic heterocycles. The third kappa shape index (κ3) is 5.42. The minimum absolute atomic E-state index is 0. The van der Waals surface area contributed by atoms with Gasteiger partial charge < -0.3 is 18.9 Å². The fourth-order valence-corrected chi connectivity index (χ4v) is 4.67. The second kappa shape index (κ2) is 10.3. The fraction of sp³-hybridized carbons (Fsp3) is 0.333. The molecule has 0 bridgehead atoms. The van der Waals surface area contributed by atoms with Crippen molar-refractivity contribution in [2.75, 3.05) is 13.2 Å². The minimum Gasteiger partial charge on any atom is -0.549 e. The van der Waals surface area contributed by atoms with Gasteiger partial charge in [-0.05, 0) is 44.9 Å². The number of hydrogen-bond acceptors (Lipinski definition) is 4. The zero-order chi connectivity index (χ0) is 23.8. The molecule has 4 nitrogen and oxygen atoms in total. The Balaban J connectivity index is 0.00000289. The third-order valence-corrected chi connectivity index (χ3v) is 6.44. The van der Waals surface area contributed by atoms with Gasteiger partial charge in [-0.1, -0.05) is 55.0 Å². The van der Waals surface area contributed by atoms with E-state index in [0.29, 0.717) is 19.8 Å². The summed E-state index contributed by atoms with van der Waals surface area (Å²) in [6, 6.07) is 21.7. The molecule has 0 spiro atoms. The minimum atomic E-state index is -0.328. The van der Waals surface area contributed by atoms with Crippen molar-refractivity contribution in [2.24, 2.45) is 0 Å². The Morgan fingerprint density at radius 2 is 1.83 bits per heavy atom. The van der Waals surface area contributed by atoms with Gasteiger partial charge >= 0.3 is 0 Å². The van der Waals surface area contributed by atoms with Gasteiger partial charge in [-0.2, -0.15) is 6.07 Å². The van der Waals surface area contributed by atoms with E-state index >= 15 is 0 Å². The number of benzene rings is 3. The van der Waals surface area contributed by atoms with Gasteiger partial charge in [0.15, 0.2) is 0 Å². The molecule has 0 aliphatic carbocycles. The molecule has 0 amide bonds. The molecule has 1 atom stereocenters. The molecule has 180 valence electrons. The van der Waals surface area contributed by atoms with Crippen molar-refractivity contribution in [3.63, 3.8) is 0 Å². The average Bonchev–Trinajstić information content (AvgIpc) is 2.83. The number of ether oxygens (including phenoxy) is 4. The van der Waals surface area contributed by atoms with Gasteiger partial charge in [0.2, 0.25) is 0 Å². The van der Waals surface area contributed by atoms with Gasteiger partial charge in [0, 0.05) is 59.7 Å². The summed E-state index contributed by atoms with van der Waals surface area (Å²) in [6.07, 6.45) is 4.98. The summed E-state index contributed by atoms with van der Waals surface area (Å²) in [6.45, 7) is 9.95. The van der Waals surface area contributed by atoms with E-state index in [9.17, 15) is 0 Å². The molecule has 0 N–H and O–H groups in total. The second-order valence-electron chi connectivity index (χ2n) is 9.80. The summed E-state index contributed by atoms with van der Waals surface area (Å²) < 4.78 is 24.6. The molecule has 3 aromatic carbocycles. The Kier molecular flexibility index (Phi) is 7.60. The Bertz CT molecular complexity index is 1220. The summed E-state index contributed by atoms with van der Waals surface area (Å²) in [5.74, 6) is 3.33. The summed E-state index contributed by atoms with van der Waals surface area (Å²) in [4.78, 5) is 0. The number of fused-ring (bicyclic) bond motifs is 3. The van der Waals surface area contributed by atoms with Crippen molar-refractivity contribution in [1.29, 1.82) is 0 Å². The third-order valence-electron chi connectivity index (χ3n) is 6.44. The van der Waals surface area contributed by atoms with Gasteiger partial charge in [-0.25, -0.2) is 0 Å². The van der Waals surface area contributed by atoms with E-state index in [1.54, 1.807) is 0 Å². The van der Waals surface area contributed by atoms with E-state index in [1.807, 2.05) is 57.2 Å². The molecule has 0 fully saturated rings. The van der Waals surface area contributed by atoms with Gasteiger partial charge in [-0.3, -0.25) is 0 Å². The van der Waals surface area contributed by atoms with E-state index in [4.69, 9.17) is 18.9 Å². The van der Waals surface area contributed by atoms with Crippen molar-refractivity contribution in [1.82, 2.24) is 0 Å². The maximum absolute atomic E-state index is 6.41. The molecular weight excluding hydrogens is 662 g/mol. The van der Waals surface area contributed by atoms with E-state index in [1.165, 1.54) is 0 Å². The average molecular weight is 694 g/mol. The van der Waals surface area contributed by atoms with Crippen LogP contribution in [0.1, 0.15) is 49.9 Å². The molecule has 0 radical (unpaired) electrons. The number of rotatable bonds is 6. The van der Waals surface area contributed by atoms with E-state index in [-0.39, 0.29) is 42.1 Å². The first-order chi connectivity index (χ1) is 16.4. The Hall–Kier alpha value is -2.35. The van der Waals surface area contributed by atoms with Crippen LogP contribution < -0.4 is 18.9 Å².